The van der Waals surface area contributed by atoms with Crippen molar-refractivity contribution in [3.63, 3.8) is 0 Å². The van der Waals surface area contributed by atoms with Gasteiger partial charge < -0.3 is 27.0 Å². The van der Waals surface area contributed by atoms with Gasteiger partial charge in [-0.1, -0.05) is 0 Å². The zero-order valence-electron chi connectivity index (χ0n) is 16.0. The average molecular weight is 389 g/mol. The third-order valence-electron chi connectivity index (χ3n) is 4.22. The molecule has 0 atom stereocenters. The van der Waals surface area contributed by atoms with Crippen LogP contribution < -0.4 is 27.0 Å². The Bertz CT molecular complexity index is 968. The minimum atomic E-state index is -0.283. The Morgan fingerprint density at radius 2 is 1.14 bits per heavy atom. The molecule has 0 aromatic heterocycles. The summed E-state index contributed by atoms with van der Waals surface area (Å²) >= 11 is 0. The summed E-state index contributed by atoms with van der Waals surface area (Å²) in [6.07, 6.45) is 0. The van der Waals surface area contributed by atoms with Crippen molar-refractivity contribution in [1.29, 1.82) is 0 Å². The Balaban J connectivity index is 1.58. The van der Waals surface area contributed by atoms with Gasteiger partial charge in [0.2, 0.25) is 5.91 Å². The minimum absolute atomic E-state index is 0.0889. The summed E-state index contributed by atoms with van der Waals surface area (Å²) in [6, 6.07) is 22.0. The highest BCUT2D eigenvalue weighted by Gasteiger charge is 2.07. The van der Waals surface area contributed by atoms with E-state index in [1.807, 2.05) is 55.6 Å². The average Bonchev–Trinajstić information content (AvgIpc) is 2.76. The van der Waals surface area contributed by atoms with Gasteiger partial charge in [-0.2, -0.15) is 0 Å². The van der Waals surface area contributed by atoms with Gasteiger partial charge in [-0.25, -0.2) is 0 Å². The maximum atomic E-state index is 12.4. The molecule has 0 spiro atoms. The van der Waals surface area contributed by atoms with Crippen LogP contribution in [0.4, 0.5) is 28.4 Å². The summed E-state index contributed by atoms with van der Waals surface area (Å²) < 4.78 is 0. The lowest BCUT2D eigenvalue weighted by atomic mass is 10.2. The molecule has 0 aliphatic rings. The van der Waals surface area contributed by atoms with Crippen LogP contribution >= 0.6 is 0 Å². The quantitative estimate of drug-likeness (QED) is 0.424. The van der Waals surface area contributed by atoms with Crippen molar-refractivity contribution in [3.8, 4) is 0 Å². The lowest BCUT2D eigenvalue weighted by Crippen LogP contribution is -2.21. The monoisotopic (exact) mass is 389 g/mol. The van der Waals surface area contributed by atoms with Crippen LogP contribution in [-0.2, 0) is 4.79 Å². The van der Waals surface area contributed by atoms with Crippen LogP contribution in [-0.4, -0.2) is 25.4 Å². The molecular weight excluding hydrogens is 366 g/mol. The van der Waals surface area contributed by atoms with Crippen molar-refractivity contribution in [2.24, 2.45) is 5.73 Å². The number of carbonyl (C=O) groups is 2. The molecule has 0 bridgehead atoms. The molecule has 0 heterocycles. The van der Waals surface area contributed by atoms with Crippen molar-refractivity contribution in [2.45, 2.75) is 0 Å². The standard InChI is InChI=1S/C22H23N5O2/c1-24-16-6-8-17(9-7-16)25-18-10-12-20(13-11-18)27-22(29)15-2-4-19(5-3-15)26-21(28)14-23/h2-13,24-25H,14,23H2,1H3,(H,26,28)(H,27,29). The molecule has 7 heteroatoms. The van der Waals surface area contributed by atoms with Gasteiger partial charge in [0, 0.05) is 41.0 Å². The Morgan fingerprint density at radius 3 is 1.66 bits per heavy atom. The van der Waals surface area contributed by atoms with Crippen LogP contribution in [0.1, 0.15) is 10.4 Å². The lowest BCUT2D eigenvalue weighted by molar-refractivity contribution is -0.114. The highest BCUT2D eigenvalue weighted by Crippen LogP contribution is 2.21. The molecule has 6 N–H and O–H groups in total. The molecule has 0 aliphatic carbocycles. The Morgan fingerprint density at radius 1 is 0.690 bits per heavy atom. The van der Waals surface area contributed by atoms with Crippen molar-refractivity contribution in [2.75, 3.05) is 34.9 Å². The lowest BCUT2D eigenvalue weighted by Gasteiger charge is -2.10. The van der Waals surface area contributed by atoms with E-state index in [4.69, 9.17) is 5.73 Å². The second-order valence-electron chi connectivity index (χ2n) is 6.31. The van der Waals surface area contributed by atoms with Crippen LogP contribution in [0.3, 0.4) is 0 Å². The maximum absolute atomic E-state index is 12.4. The van der Waals surface area contributed by atoms with E-state index in [9.17, 15) is 9.59 Å². The first-order chi connectivity index (χ1) is 14.1. The fourth-order valence-electron chi connectivity index (χ4n) is 2.64. The summed E-state index contributed by atoms with van der Waals surface area (Å²) in [6.45, 7) is -0.0889. The van der Waals surface area contributed by atoms with Crippen molar-refractivity contribution < 1.29 is 9.59 Å². The number of anilines is 5. The predicted octanol–water partition coefficient (Wildman–Crippen LogP) is 3.62. The zero-order valence-corrected chi connectivity index (χ0v) is 16.0. The van der Waals surface area contributed by atoms with E-state index in [0.717, 1.165) is 17.1 Å². The molecule has 3 aromatic carbocycles. The largest absolute Gasteiger partial charge is 0.388 e. The van der Waals surface area contributed by atoms with Crippen molar-refractivity contribution >= 4 is 40.3 Å². The third-order valence-corrected chi connectivity index (χ3v) is 4.22. The van der Waals surface area contributed by atoms with Crippen molar-refractivity contribution in [3.05, 3.63) is 78.4 Å². The van der Waals surface area contributed by atoms with Gasteiger partial charge in [-0.3, -0.25) is 9.59 Å². The smallest absolute Gasteiger partial charge is 0.255 e. The van der Waals surface area contributed by atoms with Gasteiger partial charge >= 0.3 is 0 Å². The third kappa shape index (κ3) is 5.57. The fourth-order valence-corrected chi connectivity index (χ4v) is 2.64. The van der Waals surface area contributed by atoms with Gasteiger partial charge in [-0.15, -0.1) is 0 Å². The predicted molar refractivity (Wildman–Crippen MR) is 118 cm³/mol. The normalized spacial score (nSPS) is 10.1. The number of benzene rings is 3. The number of nitrogens with two attached hydrogens (primary N) is 1. The first-order valence-electron chi connectivity index (χ1n) is 9.13. The minimum Gasteiger partial charge on any atom is -0.388 e. The van der Waals surface area contributed by atoms with E-state index in [0.29, 0.717) is 16.9 Å². The van der Waals surface area contributed by atoms with E-state index in [1.165, 1.54) is 0 Å². The van der Waals surface area contributed by atoms with E-state index < -0.39 is 0 Å². The summed E-state index contributed by atoms with van der Waals surface area (Å²) in [5, 5.41) is 11.9. The summed E-state index contributed by atoms with van der Waals surface area (Å²) in [5.74, 6) is -0.515. The molecule has 0 radical (unpaired) electrons. The first kappa shape index (κ1) is 19.9. The molecule has 29 heavy (non-hydrogen) atoms. The van der Waals surface area contributed by atoms with Gasteiger partial charge in [0.05, 0.1) is 6.54 Å². The molecule has 0 fully saturated rings. The summed E-state index contributed by atoms with van der Waals surface area (Å²) in [7, 11) is 1.88. The number of hydrogen-bond donors (Lipinski definition) is 5. The van der Waals surface area contributed by atoms with E-state index in [1.54, 1.807) is 24.3 Å². The molecule has 0 aliphatic heterocycles. The number of rotatable bonds is 7. The number of amides is 2. The summed E-state index contributed by atoms with van der Waals surface area (Å²) in [4.78, 5) is 23.7. The Kier molecular flexibility index (Phi) is 6.44. The molecule has 3 rings (SSSR count). The Hall–Kier alpha value is -3.84. The topological polar surface area (TPSA) is 108 Å². The molecule has 0 saturated heterocycles. The van der Waals surface area contributed by atoms with Gasteiger partial charge in [0.25, 0.3) is 5.91 Å². The molecule has 0 saturated carbocycles. The summed E-state index contributed by atoms with van der Waals surface area (Å²) in [5.41, 5.74) is 9.97. The second kappa shape index (κ2) is 9.38. The number of carbonyl (C=O) groups excluding carboxylic acids is 2. The van der Waals surface area contributed by atoms with E-state index in [-0.39, 0.29) is 18.4 Å². The highest BCUT2D eigenvalue weighted by molar-refractivity contribution is 6.04. The van der Waals surface area contributed by atoms with Crippen LogP contribution in [0.2, 0.25) is 0 Å². The van der Waals surface area contributed by atoms with Crippen LogP contribution in [0.15, 0.2) is 72.8 Å². The second-order valence-corrected chi connectivity index (χ2v) is 6.31. The molecule has 3 aromatic rings. The first-order valence-corrected chi connectivity index (χ1v) is 9.13. The van der Waals surface area contributed by atoms with Crippen LogP contribution in [0.25, 0.3) is 0 Å². The molecule has 2 amide bonds. The van der Waals surface area contributed by atoms with Gasteiger partial charge in [0.15, 0.2) is 0 Å². The maximum Gasteiger partial charge on any atom is 0.255 e. The molecular formula is C22H23N5O2. The zero-order chi connectivity index (χ0) is 20.6. The number of nitrogens with one attached hydrogen (secondary N) is 4. The Labute approximate surface area is 169 Å². The molecule has 7 nitrogen and oxygen atoms in total. The molecule has 148 valence electrons. The highest BCUT2D eigenvalue weighted by atomic mass is 16.2. The van der Waals surface area contributed by atoms with Crippen molar-refractivity contribution in [1.82, 2.24) is 0 Å². The van der Waals surface area contributed by atoms with Crippen LogP contribution in [0, 0.1) is 0 Å². The van der Waals surface area contributed by atoms with Crippen LogP contribution in [0.5, 0.6) is 0 Å². The van der Waals surface area contributed by atoms with E-state index >= 15 is 0 Å². The SMILES string of the molecule is CNc1ccc(Nc2ccc(NC(=O)c3ccc(NC(=O)CN)cc3)cc2)cc1. The molecule has 0 unspecified atom stereocenters. The van der Waals surface area contributed by atoms with Gasteiger partial charge in [0.1, 0.15) is 0 Å². The fraction of sp³-hybridized carbons (Fsp3) is 0.0909. The van der Waals surface area contributed by atoms with Gasteiger partial charge in [-0.05, 0) is 72.8 Å². The number of hydrogen-bond acceptors (Lipinski definition) is 5. The van der Waals surface area contributed by atoms with E-state index in [2.05, 4.69) is 21.3 Å².